The van der Waals surface area contributed by atoms with Crippen molar-refractivity contribution in [3.05, 3.63) is 18.0 Å². The van der Waals surface area contributed by atoms with Crippen LogP contribution in [0, 0.1) is 0 Å². The molecule has 1 aromatic rings. The molecular weight excluding hydrogens is 221 g/mol. The van der Waals surface area contributed by atoms with Crippen molar-refractivity contribution in [2.75, 3.05) is 5.73 Å². The molecule has 0 bridgehead atoms. The molecule has 0 aliphatic heterocycles. The topological polar surface area (TPSA) is 48.1 Å². The average molecular weight is 232 g/mol. The van der Waals surface area contributed by atoms with Gasteiger partial charge in [-0.05, 0) is 19.3 Å². The van der Waals surface area contributed by atoms with Crippen LogP contribution in [0.15, 0.2) is 12.3 Å². The van der Waals surface area contributed by atoms with Gasteiger partial charge in [-0.25, -0.2) is 4.98 Å². The summed E-state index contributed by atoms with van der Waals surface area (Å²) in [6.07, 6.45) is -0.721. The summed E-state index contributed by atoms with van der Waals surface area (Å²) in [6, 6.07) is 0.855. The van der Waals surface area contributed by atoms with Crippen LogP contribution in [-0.2, 0) is 6.18 Å². The first-order valence-electron chi connectivity index (χ1n) is 4.96. The Morgan fingerprint density at radius 3 is 2.56 bits per heavy atom. The number of ether oxygens (including phenoxy) is 1. The molecule has 1 aliphatic carbocycles. The van der Waals surface area contributed by atoms with Gasteiger partial charge in [0.05, 0.1) is 18.0 Å². The van der Waals surface area contributed by atoms with Crippen molar-refractivity contribution in [1.82, 2.24) is 4.98 Å². The molecule has 0 spiro atoms. The van der Waals surface area contributed by atoms with Gasteiger partial charge in [0.15, 0.2) is 0 Å². The van der Waals surface area contributed by atoms with Crippen LogP contribution in [0.25, 0.3) is 0 Å². The Bertz CT molecular complexity index is 388. The highest BCUT2D eigenvalue weighted by Crippen LogP contribution is 2.34. The van der Waals surface area contributed by atoms with Gasteiger partial charge >= 0.3 is 6.18 Å². The molecule has 16 heavy (non-hydrogen) atoms. The molecule has 3 nitrogen and oxygen atoms in total. The van der Waals surface area contributed by atoms with Crippen molar-refractivity contribution in [2.45, 2.75) is 31.5 Å². The highest BCUT2D eigenvalue weighted by molar-refractivity contribution is 5.51. The largest absolute Gasteiger partial charge is 0.488 e. The fourth-order valence-corrected chi connectivity index (χ4v) is 1.37. The number of halogens is 3. The second kappa shape index (κ2) is 3.84. The number of aromatic nitrogens is 1. The minimum atomic E-state index is -4.47. The number of nitrogen functional groups attached to an aromatic ring is 1. The third-order valence-electron chi connectivity index (χ3n) is 2.53. The number of nitrogens with two attached hydrogens (primary N) is 1. The Labute approximate surface area is 90.4 Å². The molecule has 1 fully saturated rings. The summed E-state index contributed by atoms with van der Waals surface area (Å²) in [5.74, 6) is 0.0759. The van der Waals surface area contributed by atoms with Gasteiger partial charge in [0.25, 0.3) is 0 Å². The smallest absolute Gasteiger partial charge is 0.433 e. The first-order valence-corrected chi connectivity index (χ1v) is 4.96. The molecule has 0 saturated heterocycles. The molecule has 0 unspecified atom stereocenters. The van der Waals surface area contributed by atoms with Gasteiger partial charge in [0, 0.05) is 6.07 Å². The van der Waals surface area contributed by atoms with Crippen molar-refractivity contribution >= 4 is 5.69 Å². The lowest BCUT2D eigenvalue weighted by Crippen LogP contribution is -2.25. The minimum absolute atomic E-state index is 0.00853. The lowest BCUT2D eigenvalue weighted by atomic mass is 9.96. The van der Waals surface area contributed by atoms with E-state index in [2.05, 4.69) is 4.98 Å². The SMILES string of the molecule is Nc1cnc(C(F)(F)F)cc1OC1CCC1. The van der Waals surface area contributed by atoms with Gasteiger partial charge in [0.1, 0.15) is 11.4 Å². The number of nitrogens with zero attached hydrogens (tertiary/aromatic N) is 1. The van der Waals surface area contributed by atoms with Crippen molar-refractivity contribution < 1.29 is 17.9 Å². The van der Waals surface area contributed by atoms with Crippen LogP contribution in [0.2, 0.25) is 0 Å². The Kier molecular flexibility index (Phi) is 2.65. The standard InChI is InChI=1S/C10H11F3N2O/c11-10(12,13)9-4-8(7(14)5-15-9)16-6-2-1-3-6/h4-6H,1-3,14H2. The third-order valence-corrected chi connectivity index (χ3v) is 2.53. The molecule has 88 valence electrons. The molecule has 1 heterocycles. The zero-order valence-corrected chi connectivity index (χ0v) is 8.42. The zero-order valence-electron chi connectivity index (χ0n) is 8.42. The summed E-state index contributed by atoms with van der Waals surface area (Å²) in [5.41, 5.74) is 4.67. The number of pyridine rings is 1. The van der Waals surface area contributed by atoms with Crippen molar-refractivity contribution in [3.63, 3.8) is 0 Å². The van der Waals surface area contributed by atoms with Gasteiger partial charge in [-0.2, -0.15) is 13.2 Å². The molecule has 2 rings (SSSR count). The highest BCUT2D eigenvalue weighted by Gasteiger charge is 2.33. The Hall–Kier alpha value is -1.46. The van der Waals surface area contributed by atoms with Crippen LogP contribution in [-0.4, -0.2) is 11.1 Å². The molecule has 1 aliphatic rings. The van der Waals surface area contributed by atoms with Crippen molar-refractivity contribution in [1.29, 1.82) is 0 Å². The average Bonchev–Trinajstić information content (AvgIpc) is 2.11. The lowest BCUT2D eigenvalue weighted by molar-refractivity contribution is -0.141. The maximum Gasteiger partial charge on any atom is 0.433 e. The van der Waals surface area contributed by atoms with E-state index in [0.29, 0.717) is 0 Å². The van der Waals surface area contributed by atoms with Crippen molar-refractivity contribution in [3.8, 4) is 5.75 Å². The Balaban J connectivity index is 2.21. The normalized spacial score (nSPS) is 16.9. The van der Waals surface area contributed by atoms with Gasteiger partial charge in [-0.15, -0.1) is 0 Å². The molecule has 0 atom stereocenters. The quantitative estimate of drug-likeness (QED) is 0.852. The van der Waals surface area contributed by atoms with Crippen LogP contribution in [0.4, 0.5) is 18.9 Å². The summed E-state index contributed by atoms with van der Waals surface area (Å²) in [5, 5.41) is 0. The molecular formula is C10H11F3N2O. The van der Waals surface area contributed by atoms with Gasteiger partial charge < -0.3 is 10.5 Å². The van der Waals surface area contributed by atoms with Crippen molar-refractivity contribution in [2.24, 2.45) is 0 Å². The lowest BCUT2D eigenvalue weighted by Gasteiger charge is -2.27. The van der Waals surface area contributed by atoms with E-state index in [0.717, 1.165) is 31.5 Å². The van der Waals surface area contributed by atoms with E-state index in [-0.39, 0.29) is 17.5 Å². The second-order valence-corrected chi connectivity index (χ2v) is 3.78. The van der Waals surface area contributed by atoms with E-state index in [1.165, 1.54) is 0 Å². The third kappa shape index (κ3) is 2.20. The summed E-state index contributed by atoms with van der Waals surface area (Å²) in [7, 11) is 0. The first-order chi connectivity index (χ1) is 7.47. The first kappa shape index (κ1) is 11.0. The van der Waals surface area contributed by atoms with Gasteiger partial charge in [-0.3, -0.25) is 0 Å². The number of anilines is 1. The number of hydrogen-bond acceptors (Lipinski definition) is 3. The maximum absolute atomic E-state index is 12.4. The minimum Gasteiger partial charge on any atom is -0.488 e. The van der Waals surface area contributed by atoms with E-state index >= 15 is 0 Å². The number of alkyl halides is 3. The predicted molar refractivity (Wildman–Crippen MR) is 51.9 cm³/mol. The van der Waals surface area contributed by atoms with E-state index in [1.54, 1.807) is 0 Å². The van der Waals surface area contributed by atoms with Gasteiger partial charge in [-0.1, -0.05) is 0 Å². The summed E-state index contributed by atoms with van der Waals surface area (Å²) in [6.45, 7) is 0. The van der Waals surface area contributed by atoms with Crippen LogP contribution >= 0.6 is 0 Å². The molecule has 1 saturated carbocycles. The summed E-state index contributed by atoms with van der Waals surface area (Å²) < 4.78 is 42.5. The van der Waals surface area contributed by atoms with E-state index in [1.807, 2.05) is 0 Å². The highest BCUT2D eigenvalue weighted by atomic mass is 19.4. The molecule has 0 radical (unpaired) electrons. The van der Waals surface area contributed by atoms with Crippen LogP contribution in [0.1, 0.15) is 25.0 Å². The Morgan fingerprint density at radius 1 is 1.38 bits per heavy atom. The van der Waals surface area contributed by atoms with E-state index in [4.69, 9.17) is 10.5 Å². The molecule has 6 heteroatoms. The van der Waals surface area contributed by atoms with Gasteiger partial charge in [0.2, 0.25) is 0 Å². The summed E-state index contributed by atoms with van der Waals surface area (Å²) in [4.78, 5) is 3.23. The second-order valence-electron chi connectivity index (χ2n) is 3.78. The monoisotopic (exact) mass is 232 g/mol. The predicted octanol–water partition coefficient (Wildman–Crippen LogP) is 2.61. The van der Waals surface area contributed by atoms with Crippen LogP contribution < -0.4 is 10.5 Å². The van der Waals surface area contributed by atoms with E-state index in [9.17, 15) is 13.2 Å². The zero-order chi connectivity index (χ0) is 11.8. The van der Waals surface area contributed by atoms with Crippen LogP contribution in [0.3, 0.4) is 0 Å². The molecule has 1 aromatic heterocycles. The fourth-order valence-electron chi connectivity index (χ4n) is 1.37. The molecule has 2 N–H and O–H groups in total. The fraction of sp³-hybridized carbons (Fsp3) is 0.500. The summed E-state index contributed by atoms with van der Waals surface area (Å²) >= 11 is 0. The van der Waals surface area contributed by atoms with Crippen LogP contribution in [0.5, 0.6) is 5.75 Å². The molecule has 0 amide bonds. The van der Waals surface area contributed by atoms with E-state index < -0.39 is 11.9 Å². The number of hydrogen-bond donors (Lipinski definition) is 1. The number of rotatable bonds is 2. The molecule has 0 aromatic carbocycles. The maximum atomic E-state index is 12.4. The Morgan fingerprint density at radius 2 is 2.06 bits per heavy atom.